The number of hydrogen-bond donors (Lipinski definition) is 1. The van der Waals surface area contributed by atoms with Crippen molar-refractivity contribution in [1.82, 2.24) is 10.4 Å². The lowest BCUT2D eigenvalue weighted by Gasteiger charge is -2.16. The molecule has 0 saturated carbocycles. The third-order valence-electron chi connectivity index (χ3n) is 2.52. The van der Waals surface area contributed by atoms with Gasteiger partial charge in [0.25, 0.3) is 0 Å². The average molecular weight is 200 g/mol. The van der Waals surface area contributed by atoms with Gasteiger partial charge in [-0.1, -0.05) is 6.92 Å². The van der Waals surface area contributed by atoms with E-state index < -0.39 is 0 Å². The van der Waals surface area contributed by atoms with Crippen LogP contribution in [0, 0.1) is 0 Å². The van der Waals surface area contributed by atoms with E-state index in [2.05, 4.69) is 12.3 Å². The molecule has 4 heteroatoms. The van der Waals surface area contributed by atoms with Crippen molar-refractivity contribution in [2.24, 2.45) is 0 Å². The summed E-state index contributed by atoms with van der Waals surface area (Å²) >= 11 is 0. The highest BCUT2D eigenvalue weighted by Gasteiger charge is 2.33. The molecular weight excluding hydrogens is 180 g/mol. The first kappa shape index (κ1) is 11.5. The zero-order valence-corrected chi connectivity index (χ0v) is 9.41. The van der Waals surface area contributed by atoms with E-state index in [1.54, 1.807) is 0 Å². The lowest BCUT2D eigenvalue weighted by Crippen LogP contribution is -2.40. The molecule has 0 amide bonds. The first-order chi connectivity index (χ1) is 6.54. The zero-order valence-electron chi connectivity index (χ0n) is 9.41. The van der Waals surface area contributed by atoms with Crippen LogP contribution < -0.4 is 5.43 Å². The smallest absolute Gasteiger partial charge is 0.324 e. The lowest BCUT2D eigenvalue weighted by molar-refractivity contribution is -0.150. The minimum absolute atomic E-state index is 0.0321. The average Bonchev–Trinajstić information content (AvgIpc) is 2.45. The second-order valence-corrected chi connectivity index (χ2v) is 4.08. The first-order valence-corrected chi connectivity index (χ1v) is 5.24. The molecule has 1 fully saturated rings. The van der Waals surface area contributed by atoms with Gasteiger partial charge in [0.05, 0.1) is 6.10 Å². The Morgan fingerprint density at radius 2 is 2.29 bits per heavy atom. The number of nitrogens with one attached hydrogen (secondary N) is 1. The number of carbonyl (C=O) groups is 1. The number of nitrogens with zero attached hydrogens (tertiary/aromatic N) is 1. The third-order valence-corrected chi connectivity index (χ3v) is 2.52. The molecule has 1 saturated heterocycles. The normalized spacial score (nSPS) is 28.4. The van der Waals surface area contributed by atoms with Crippen molar-refractivity contribution in [2.75, 3.05) is 7.05 Å². The minimum atomic E-state index is -0.160. The summed E-state index contributed by atoms with van der Waals surface area (Å²) in [6, 6.07) is 0.284. The van der Waals surface area contributed by atoms with E-state index >= 15 is 0 Å². The highest BCUT2D eigenvalue weighted by molar-refractivity contribution is 5.76. The van der Waals surface area contributed by atoms with E-state index in [9.17, 15) is 4.79 Å². The highest BCUT2D eigenvalue weighted by Crippen LogP contribution is 2.16. The van der Waals surface area contributed by atoms with E-state index in [4.69, 9.17) is 4.74 Å². The van der Waals surface area contributed by atoms with Gasteiger partial charge in [0, 0.05) is 13.1 Å². The molecule has 2 atom stereocenters. The summed E-state index contributed by atoms with van der Waals surface area (Å²) in [6.07, 6.45) is 1.86. The largest absolute Gasteiger partial charge is 0.462 e. The van der Waals surface area contributed by atoms with Crippen LogP contribution in [0.2, 0.25) is 0 Å². The molecule has 0 radical (unpaired) electrons. The fraction of sp³-hybridized carbons (Fsp3) is 0.900. The number of ether oxygens (including phenoxy) is 1. The fourth-order valence-electron chi connectivity index (χ4n) is 1.74. The molecule has 82 valence electrons. The highest BCUT2D eigenvalue weighted by atomic mass is 16.5. The summed E-state index contributed by atoms with van der Waals surface area (Å²) in [4.78, 5) is 11.6. The SMILES string of the molecule is CCC1CC(C(=O)OC(C)C)NN1C. The van der Waals surface area contributed by atoms with Gasteiger partial charge in [0.2, 0.25) is 0 Å². The Morgan fingerprint density at radius 1 is 1.64 bits per heavy atom. The van der Waals surface area contributed by atoms with Crippen LogP contribution in [-0.2, 0) is 9.53 Å². The molecule has 14 heavy (non-hydrogen) atoms. The molecule has 1 N–H and O–H groups in total. The van der Waals surface area contributed by atoms with Crippen LogP contribution in [0.4, 0.5) is 0 Å². The van der Waals surface area contributed by atoms with Gasteiger partial charge < -0.3 is 4.74 Å². The molecule has 0 aromatic rings. The Morgan fingerprint density at radius 3 is 2.71 bits per heavy atom. The predicted octanol–water partition coefficient (Wildman–Crippen LogP) is 0.925. The summed E-state index contributed by atoms with van der Waals surface area (Å²) in [5, 5.41) is 2.01. The molecule has 0 aromatic heterocycles. The van der Waals surface area contributed by atoms with Crippen LogP contribution in [0.1, 0.15) is 33.6 Å². The topological polar surface area (TPSA) is 41.6 Å². The van der Waals surface area contributed by atoms with Crippen molar-refractivity contribution in [2.45, 2.75) is 51.8 Å². The zero-order chi connectivity index (χ0) is 10.7. The van der Waals surface area contributed by atoms with Crippen molar-refractivity contribution < 1.29 is 9.53 Å². The second kappa shape index (κ2) is 4.75. The molecule has 1 aliphatic rings. The van der Waals surface area contributed by atoms with Crippen molar-refractivity contribution in [3.8, 4) is 0 Å². The van der Waals surface area contributed by atoms with E-state index in [-0.39, 0.29) is 18.1 Å². The second-order valence-electron chi connectivity index (χ2n) is 4.08. The van der Waals surface area contributed by atoms with E-state index in [1.807, 2.05) is 25.9 Å². The van der Waals surface area contributed by atoms with Crippen LogP contribution in [0.15, 0.2) is 0 Å². The number of esters is 1. The molecule has 1 aliphatic heterocycles. The molecule has 1 rings (SSSR count). The predicted molar refractivity (Wildman–Crippen MR) is 54.6 cm³/mol. The third kappa shape index (κ3) is 2.69. The number of carbonyl (C=O) groups excluding carboxylic acids is 1. The Labute approximate surface area is 85.6 Å². The first-order valence-electron chi connectivity index (χ1n) is 5.24. The summed E-state index contributed by atoms with van der Waals surface area (Å²) in [5.74, 6) is -0.136. The van der Waals surface area contributed by atoms with Crippen LogP contribution in [0.5, 0.6) is 0 Å². The van der Waals surface area contributed by atoms with Gasteiger partial charge in [-0.3, -0.25) is 4.79 Å². The van der Waals surface area contributed by atoms with E-state index in [1.165, 1.54) is 0 Å². The minimum Gasteiger partial charge on any atom is -0.462 e. The van der Waals surface area contributed by atoms with Gasteiger partial charge in [0.15, 0.2) is 0 Å². The quantitative estimate of drug-likeness (QED) is 0.688. The van der Waals surface area contributed by atoms with Crippen LogP contribution in [0.3, 0.4) is 0 Å². The molecule has 0 aromatic carbocycles. The summed E-state index contributed by atoms with van der Waals surface area (Å²) in [5.41, 5.74) is 3.12. The fourth-order valence-corrected chi connectivity index (χ4v) is 1.74. The summed E-state index contributed by atoms with van der Waals surface area (Å²) in [6.45, 7) is 5.86. The van der Waals surface area contributed by atoms with Crippen LogP contribution >= 0.6 is 0 Å². The maximum atomic E-state index is 11.6. The molecule has 0 aliphatic carbocycles. The van der Waals surface area contributed by atoms with Crippen molar-refractivity contribution in [3.63, 3.8) is 0 Å². The standard InChI is InChI=1S/C10H20N2O2/c1-5-8-6-9(11-12(8)4)10(13)14-7(2)3/h7-9,11H,5-6H2,1-4H3. The van der Waals surface area contributed by atoms with Crippen molar-refractivity contribution >= 4 is 5.97 Å². The molecule has 0 bridgehead atoms. The van der Waals surface area contributed by atoms with Crippen molar-refractivity contribution in [1.29, 1.82) is 0 Å². The number of hydrazine groups is 1. The monoisotopic (exact) mass is 200 g/mol. The maximum absolute atomic E-state index is 11.6. The Kier molecular flexibility index (Phi) is 3.89. The molecule has 2 unspecified atom stereocenters. The van der Waals surface area contributed by atoms with Gasteiger partial charge in [-0.05, 0) is 26.7 Å². The van der Waals surface area contributed by atoms with Crippen LogP contribution in [0.25, 0.3) is 0 Å². The van der Waals surface area contributed by atoms with Gasteiger partial charge in [0.1, 0.15) is 6.04 Å². The van der Waals surface area contributed by atoms with Gasteiger partial charge in [-0.25, -0.2) is 10.4 Å². The lowest BCUT2D eigenvalue weighted by atomic mass is 10.1. The Balaban J connectivity index is 2.44. The summed E-state index contributed by atoms with van der Waals surface area (Å²) < 4.78 is 5.15. The molecule has 4 nitrogen and oxygen atoms in total. The Hall–Kier alpha value is -0.610. The van der Waals surface area contributed by atoms with E-state index in [0.29, 0.717) is 6.04 Å². The van der Waals surface area contributed by atoms with Gasteiger partial charge in [-0.15, -0.1) is 0 Å². The maximum Gasteiger partial charge on any atom is 0.324 e. The van der Waals surface area contributed by atoms with Crippen LogP contribution in [-0.4, -0.2) is 36.2 Å². The molecular formula is C10H20N2O2. The van der Waals surface area contributed by atoms with Gasteiger partial charge >= 0.3 is 5.97 Å². The van der Waals surface area contributed by atoms with Gasteiger partial charge in [-0.2, -0.15) is 0 Å². The van der Waals surface area contributed by atoms with E-state index in [0.717, 1.165) is 12.8 Å². The van der Waals surface area contributed by atoms with Crippen molar-refractivity contribution in [3.05, 3.63) is 0 Å². The number of hydrogen-bond acceptors (Lipinski definition) is 4. The molecule has 0 spiro atoms. The number of rotatable bonds is 3. The Bertz CT molecular complexity index is 206. The molecule has 1 heterocycles. The summed E-state index contributed by atoms with van der Waals surface area (Å²) in [7, 11) is 1.97.